The minimum Gasteiger partial charge on any atom is -0.345 e. The maximum atomic E-state index is 12.6. The Balaban J connectivity index is 1.39. The molecule has 0 saturated carbocycles. The van der Waals surface area contributed by atoms with Crippen LogP contribution < -0.4 is 10.6 Å². The topological polar surface area (TPSA) is 92.2 Å². The molecule has 2 aromatic rings. The van der Waals surface area contributed by atoms with Crippen molar-refractivity contribution in [2.24, 2.45) is 5.92 Å². The van der Waals surface area contributed by atoms with Crippen LogP contribution in [0.25, 0.3) is 0 Å². The number of pyridine rings is 1. The molecule has 1 saturated heterocycles. The second-order valence-corrected chi connectivity index (χ2v) is 6.70. The fourth-order valence-corrected chi connectivity index (χ4v) is 3.45. The van der Waals surface area contributed by atoms with Gasteiger partial charge in [0.15, 0.2) is 5.69 Å². The number of hydrogen-bond acceptors (Lipinski definition) is 5. The highest BCUT2D eigenvalue weighted by Gasteiger charge is 2.30. The number of nitrogens with zero attached hydrogens (tertiary/aromatic N) is 4. The summed E-state index contributed by atoms with van der Waals surface area (Å²) in [5.74, 6) is 0.0460. The zero-order valence-electron chi connectivity index (χ0n) is 14.5. The number of carbonyl (C=O) groups is 2. The van der Waals surface area contributed by atoms with Gasteiger partial charge in [-0.1, -0.05) is 6.07 Å². The van der Waals surface area contributed by atoms with Gasteiger partial charge < -0.3 is 15.5 Å². The maximum absolute atomic E-state index is 12.6. The third-order valence-corrected chi connectivity index (χ3v) is 4.91. The highest BCUT2D eigenvalue weighted by molar-refractivity contribution is 5.92. The summed E-state index contributed by atoms with van der Waals surface area (Å²) in [6, 6.07) is 7.36. The van der Waals surface area contributed by atoms with Crippen LogP contribution in [0.2, 0.25) is 0 Å². The van der Waals surface area contributed by atoms with Crippen LogP contribution in [0.5, 0.6) is 0 Å². The Hall–Kier alpha value is -2.74. The predicted octanol–water partition coefficient (Wildman–Crippen LogP) is 0.160. The highest BCUT2D eigenvalue weighted by atomic mass is 16.2. The van der Waals surface area contributed by atoms with Gasteiger partial charge in [-0.15, -0.1) is 0 Å². The summed E-state index contributed by atoms with van der Waals surface area (Å²) in [4.78, 5) is 31.0. The van der Waals surface area contributed by atoms with Gasteiger partial charge in [-0.2, -0.15) is 5.10 Å². The first-order valence-electron chi connectivity index (χ1n) is 8.95. The molecule has 4 heterocycles. The number of fused-ring (bicyclic) bond motifs is 1. The largest absolute Gasteiger partial charge is 0.345 e. The Labute approximate surface area is 151 Å². The molecule has 0 aliphatic carbocycles. The lowest BCUT2D eigenvalue weighted by atomic mass is 10.1. The Bertz CT molecular complexity index is 797. The fourth-order valence-electron chi connectivity index (χ4n) is 3.45. The maximum Gasteiger partial charge on any atom is 0.272 e. The second-order valence-electron chi connectivity index (χ2n) is 6.70. The van der Waals surface area contributed by atoms with E-state index in [1.54, 1.807) is 12.3 Å². The van der Waals surface area contributed by atoms with Gasteiger partial charge in [-0.25, -0.2) is 0 Å². The first-order valence-corrected chi connectivity index (χ1v) is 8.95. The van der Waals surface area contributed by atoms with Crippen molar-refractivity contribution in [3.05, 3.63) is 47.5 Å². The molecule has 0 bridgehead atoms. The lowest BCUT2D eigenvalue weighted by molar-refractivity contribution is -0.136. The third-order valence-electron chi connectivity index (χ3n) is 4.91. The van der Waals surface area contributed by atoms with Crippen LogP contribution in [0.3, 0.4) is 0 Å². The molecule has 2 N–H and O–H groups in total. The van der Waals surface area contributed by atoms with E-state index >= 15 is 0 Å². The van der Waals surface area contributed by atoms with Crippen molar-refractivity contribution < 1.29 is 9.59 Å². The van der Waals surface area contributed by atoms with Crippen molar-refractivity contribution in [1.82, 2.24) is 30.3 Å². The van der Waals surface area contributed by atoms with Crippen LogP contribution >= 0.6 is 0 Å². The molecule has 0 unspecified atom stereocenters. The molecule has 0 spiro atoms. The molecule has 2 aliphatic heterocycles. The normalized spacial score (nSPS) is 19.2. The molecular formula is C18H22N6O2. The molecule has 2 amide bonds. The first-order chi connectivity index (χ1) is 12.7. The minimum absolute atomic E-state index is 0.0746. The minimum atomic E-state index is -0.226. The summed E-state index contributed by atoms with van der Waals surface area (Å²) in [6.45, 7) is 3.79. The first kappa shape index (κ1) is 16.7. The molecule has 0 radical (unpaired) electrons. The summed E-state index contributed by atoms with van der Waals surface area (Å²) in [5.41, 5.74) is 2.08. The van der Waals surface area contributed by atoms with E-state index in [1.807, 2.05) is 27.8 Å². The highest BCUT2D eigenvalue weighted by Crippen LogP contribution is 2.18. The molecular weight excluding hydrogens is 332 g/mol. The van der Waals surface area contributed by atoms with Gasteiger partial charge in [0.2, 0.25) is 5.91 Å². The Kier molecular flexibility index (Phi) is 4.66. The van der Waals surface area contributed by atoms with E-state index in [0.29, 0.717) is 31.9 Å². The fraction of sp³-hybridized carbons (Fsp3) is 0.444. The Morgan fingerprint density at radius 3 is 3.00 bits per heavy atom. The smallest absolute Gasteiger partial charge is 0.272 e. The second kappa shape index (κ2) is 7.25. The third kappa shape index (κ3) is 3.45. The average molecular weight is 354 g/mol. The summed E-state index contributed by atoms with van der Waals surface area (Å²) in [5, 5.41) is 10.5. The van der Waals surface area contributed by atoms with Crippen molar-refractivity contribution in [2.45, 2.75) is 26.1 Å². The van der Waals surface area contributed by atoms with Gasteiger partial charge in [0, 0.05) is 19.3 Å². The van der Waals surface area contributed by atoms with Crippen LogP contribution in [-0.4, -0.2) is 51.1 Å². The van der Waals surface area contributed by atoms with Crippen LogP contribution in [-0.2, 0) is 24.4 Å². The van der Waals surface area contributed by atoms with E-state index in [1.165, 1.54) is 0 Å². The molecule has 2 aromatic heterocycles. The zero-order valence-corrected chi connectivity index (χ0v) is 14.5. The van der Waals surface area contributed by atoms with Crippen molar-refractivity contribution in [2.75, 3.05) is 19.6 Å². The number of amides is 2. The molecule has 1 fully saturated rings. The van der Waals surface area contributed by atoms with Gasteiger partial charge in [-0.3, -0.25) is 19.3 Å². The zero-order chi connectivity index (χ0) is 17.9. The van der Waals surface area contributed by atoms with Crippen molar-refractivity contribution >= 4 is 11.8 Å². The quantitative estimate of drug-likeness (QED) is 0.816. The lowest BCUT2D eigenvalue weighted by Crippen LogP contribution is -2.42. The molecule has 0 aromatic carbocycles. The van der Waals surface area contributed by atoms with Crippen molar-refractivity contribution in [1.29, 1.82) is 0 Å². The number of aromatic nitrogens is 3. The van der Waals surface area contributed by atoms with Crippen LogP contribution in [0, 0.1) is 5.92 Å². The lowest BCUT2D eigenvalue weighted by Gasteiger charge is -2.29. The van der Waals surface area contributed by atoms with Crippen molar-refractivity contribution in [3.63, 3.8) is 0 Å². The molecule has 136 valence electrons. The summed E-state index contributed by atoms with van der Waals surface area (Å²) >= 11 is 0. The monoisotopic (exact) mass is 354 g/mol. The predicted molar refractivity (Wildman–Crippen MR) is 94.0 cm³/mol. The van der Waals surface area contributed by atoms with E-state index in [2.05, 4.69) is 20.7 Å². The molecule has 8 heteroatoms. The molecule has 26 heavy (non-hydrogen) atoms. The van der Waals surface area contributed by atoms with E-state index in [4.69, 9.17) is 0 Å². The Morgan fingerprint density at radius 2 is 2.23 bits per heavy atom. The van der Waals surface area contributed by atoms with Gasteiger partial charge in [0.25, 0.3) is 5.91 Å². The van der Waals surface area contributed by atoms with Gasteiger partial charge >= 0.3 is 0 Å². The van der Waals surface area contributed by atoms with Crippen molar-refractivity contribution in [3.8, 4) is 0 Å². The summed E-state index contributed by atoms with van der Waals surface area (Å²) in [7, 11) is 0. The SMILES string of the molecule is O=C(NCc1ccccn1)c1cc2n(n1)CCN(C(=O)[C@H]1CCNC1)C2. The molecule has 4 rings (SSSR count). The number of rotatable bonds is 4. The van der Waals surface area contributed by atoms with Gasteiger partial charge in [-0.05, 0) is 31.2 Å². The number of nitrogens with one attached hydrogen (secondary N) is 2. The average Bonchev–Trinajstić information content (AvgIpc) is 3.35. The molecule has 8 nitrogen and oxygen atoms in total. The van der Waals surface area contributed by atoms with E-state index in [9.17, 15) is 9.59 Å². The van der Waals surface area contributed by atoms with Crippen LogP contribution in [0.1, 0.15) is 28.3 Å². The van der Waals surface area contributed by atoms with Gasteiger partial charge in [0.1, 0.15) is 0 Å². The van der Waals surface area contributed by atoms with E-state index in [0.717, 1.165) is 30.9 Å². The summed E-state index contributed by atoms with van der Waals surface area (Å²) < 4.78 is 1.83. The van der Waals surface area contributed by atoms with Gasteiger partial charge in [0.05, 0.1) is 36.9 Å². The van der Waals surface area contributed by atoms with E-state index < -0.39 is 0 Å². The van der Waals surface area contributed by atoms with Crippen LogP contribution in [0.15, 0.2) is 30.5 Å². The molecule has 2 aliphatic rings. The number of carbonyl (C=O) groups excluding carboxylic acids is 2. The molecule has 1 atom stereocenters. The standard InChI is InChI=1S/C18H22N6O2/c25-17(21-11-14-3-1-2-5-20-14)16-9-15-12-23(7-8-24(15)22-16)18(26)13-4-6-19-10-13/h1-3,5,9,13,19H,4,6-8,10-12H2,(H,21,25)/t13-/m0/s1. The summed E-state index contributed by atoms with van der Waals surface area (Å²) in [6.07, 6.45) is 2.60. The number of hydrogen-bond donors (Lipinski definition) is 2. The Morgan fingerprint density at radius 1 is 1.31 bits per heavy atom. The van der Waals surface area contributed by atoms with Crippen LogP contribution in [0.4, 0.5) is 0 Å². The van der Waals surface area contributed by atoms with E-state index in [-0.39, 0.29) is 17.7 Å².